The van der Waals surface area contributed by atoms with Crippen LogP contribution in [0.15, 0.2) is 9.98 Å². The number of carbonyl (C=O) groups excluding carboxylic acids is 17. The number of carboxylic acids is 3. The van der Waals surface area contributed by atoms with E-state index in [1.165, 1.54) is 20.8 Å². The zero-order chi connectivity index (χ0) is 91.1. The molecule has 0 spiro atoms. The lowest BCUT2D eigenvalue weighted by Gasteiger charge is -2.29. The SMILES string of the molecule is CC(C)C[C@H](NC(=O)[C@H](C)N)C(=O)N[C@@H](C)C(=O)N[C@@H](CC(N)=O)C(=O)N[C@H](C(=O)N[C@@H](CCCCNC(=O)[C@@H]1N=CC[C@H]1C)C(=O)N[C@@H](CC(C)C)C(=O)N[C@@H](C)C(=O)N[C@@H](CS)C(=O)N[C@@H](CCC(=O)O)C(=O)N[C@H](C(=O)N[C@@H](CCCCNC(=O)[C@@H]1N=CC[C@H]1C)C(=O)N[C@@H](CC(N)=O)C(=O)N[C@@H](CCC(=O)O)C(=O)O)[C@@H](C)O)[C@@H](C)O. The van der Waals surface area contributed by atoms with E-state index in [2.05, 4.69) is 97.0 Å². The van der Waals surface area contributed by atoms with Crippen LogP contribution in [0, 0.1) is 23.7 Å². The molecule has 0 saturated carbocycles. The first-order chi connectivity index (χ1) is 56.1. The predicted molar refractivity (Wildman–Crippen MR) is 431 cm³/mol. The summed E-state index contributed by atoms with van der Waals surface area (Å²) < 4.78 is 0. The average molecular weight is 1720 g/mol. The molecule has 20 atom stereocenters. The van der Waals surface area contributed by atoms with E-state index in [0.29, 0.717) is 12.8 Å². The van der Waals surface area contributed by atoms with Gasteiger partial charge in [-0.2, -0.15) is 12.6 Å². The lowest BCUT2D eigenvalue weighted by atomic mass is 10.0. The van der Waals surface area contributed by atoms with Gasteiger partial charge >= 0.3 is 17.9 Å². The monoisotopic (exact) mass is 1720 g/mol. The van der Waals surface area contributed by atoms with Gasteiger partial charge in [-0.1, -0.05) is 41.5 Å². The molecular formula is C74H122N20O25S. The summed E-state index contributed by atoms with van der Waals surface area (Å²) in [6.07, 6.45) is -4.22. The molecule has 46 heteroatoms. The molecule has 2 heterocycles. The number of unbranched alkanes of at least 4 members (excludes halogenated alkanes) is 2. The minimum absolute atomic E-state index is 0.00455. The fraction of sp³-hybridized carbons (Fsp3) is 0.703. The smallest absolute Gasteiger partial charge is 0.326 e. The number of thiol groups is 1. The van der Waals surface area contributed by atoms with E-state index in [9.17, 15) is 116 Å². The fourth-order valence-corrected chi connectivity index (χ4v) is 12.3. The molecule has 0 bridgehead atoms. The third-order valence-electron chi connectivity index (χ3n) is 19.0. The van der Waals surface area contributed by atoms with Gasteiger partial charge in [-0.25, -0.2) is 4.79 Å². The summed E-state index contributed by atoms with van der Waals surface area (Å²) in [5.74, 6) is -23.4. The van der Waals surface area contributed by atoms with E-state index < -0.39 is 271 Å². The molecule has 120 heavy (non-hydrogen) atoms. The lowest BCUT2D eigenvalue weighted by Crippen LogP contribution is -2.62. The van der Waals surface area contributed by atoms with Crippen molar-refractivity contribution in [2.24, 2.45) is 50.9 Å². The number of carbonyl (C=O) groups is 20. The maximum atomic E-state index is 14.6. The van der Waals surface area contributed by atoms with Gasteiger partial charge in [-0.3, -0.25) is 101 Å². The third-order valence-corrected chi connectivity index (χ3v) is 19.3. The number of aliphatic carboxylic acids is 3. The molecule has 0 aliphatic carbocycles. The van der Waals surface area contributed by atoms with E-state index in [-0.39, 0.29) is 88.1 Å². The molecule has 2 aliphatic heterocycles. The standard InChI is InChI=1S/C74H122N20O25S/c1-33(2)28-46(88-59(103)37(7)75)65(109)82-38(8)60(104)89-49(31-52(77)98)68(112)94-58(41(11)96)73(117)85-42(16-12-14-24-80-70(114)55-35(5)22-26-78-55)62(106)90-47(29-34(3)4)66(110)83-39(9)61(105)92-50(32-120)69(113)84-44(18-20-53(99)100)64(108)93-57(40(10)95)72(116)86-43(17-13-15-25-81-71(115)56-36(6)23-27-79-56)63(107)91-48(30-51(76)97)67(111)87-45(74(118)119)19-21-54(101)102/h26-27,33-50,55-58,95-96,120H,12-25,28-32,75H2,1-11H3,(H2,76,97)(H2,77,98)(H,80,114)(H,81,115)(H,82,109)(H,83,110)(H,84,113)(H,85,117)(H,86,116)(H,87,111)(H,88,103)(H,89,104)(H,90,106)(H,91,107)(H,92,105)(H,93,108)(H,94,112)(H,99,100)(H,101,102)(H,118,119)/t35-,36-,37+,38+,39+,40-,41-,42+,43+,44+,45+,46+,47+,48+,49+,50+,55-,56-,57+,58+/m1/s1. The van der Waals surface area contributed by atoms with Crippen LogP contribution in [0.4, 0.5) is 0 Å². The first-order valence-electron chi connectivity index (χ1n) is 39.6. The molecule has 0 aromatic carbocycles. The van der Waals surface area contributed by atoms with Crippen LogP contribution in [-0.2, 0) is 95.9 Å². The number of primary amides is 2. The van der Waals surface area contributed by atoms with Gasteiger partial charge in [0.2, 0.25) is 100 Å². The number of amides is 17. The van der Waals surface area contributed by atoms with Crippen LogP contribution in [0.1, 0.15) is 179 Å². The largest absolute Gasteiger partial charge is 0.481 e. The maximum Gasteiger partial charge on any atom is 0.326 e. The van der Waals surface area contributed by atoms with Crippen molar-refractivity contribution in [3.63, 3.8) is 0 Å². The first kappa shape index (κ1) is 105. The van der Waals surface area contributed by atoms with Gasteiger partial charge in [0.25, 0.3) is 0 Å². The molecule has 2 aliphatic rings. The minimum Gasteiger partial charge on any atom is -0.481 e. The van der Waals surface area contributed by atoms with Gasteiger partial charge in [0.1, 0.15) is 90.6 Å². The maximum absolute atomic E-state index is 14.6. The number of carboxylic acid groups (broad SMARTS) is 3. The summed E-state index contributed by atoms with van der Waals surface area (Å²) in [6, 6.07) is -24.6. The Bertz CT molecular complexity index is 3680. The zero-order valence-electron chi connectivity index (χ0n) is 69.3. The van der Waals surface area contributed by atoms with Gasteiger partial charge in [-0.05, 0) is 135 Å². The quantitative estimate of drug-likeness (QED) is 0.0199. The van der Waals surface area contributed by atoms with Crippen molar-refractivity contribution in [2.45, 2.75) is 288 Å². The highest BCUT2D eigenvalue weighted by molar-refractivity contribution is 7.80. The second-order valence-corrected chi connectivity index (χ2v) is 31.2. The Labute approximate surface area is 699 Å². The van der Waals surface area contributed by atoms with Crippen molar-refractivity contribution < 1.29 is 121 Å². The molecule has 0 saturated heterocycles. The highest BCUT2D eigenvalue weighted by Gasteiger charge is 2.40. The Morgan fingerprint density at radius 3 is 1.02 bits per heavy atom. The summed E-state index contributed by atoms with van der Waals surface area (Å²) in [5, 5.41) is 86.4. The average Bonchev–Trinajstić information content (AvgIpc) is 1.06. The fourth-order valence-electron chi connectivity index (χ4n) is 12.1. The van der Waals surface area contributed by atoms with Gasteiger partial charge < -0.3 is 122 Å². The number of nitrogens with zero attached hydrogens (tertiary/aromatic N) is 2. The molecule has 17 amide bonds. The molecule has 2 rings (SSSR count). The van der Waals surface area contributed by atoms with Crippen LogP contribution in [0.25, 0.3) is 0 Å². The Balaban J connectivity index is 2.47. The van der Waals surface area contributed by atoms with E-state index in [1.54, 1.807) is 40.1 Å². The number of aliphatic imine (C=N–C) groups is 2. The minimum atomic E-state index is -2.06. The van der Waals surface area contributed by atoms with Gasteiger partial charge in [-0.15, -0.1) is 0 Å². The van der Waals surface area contributed by atoms with Crippen LogP contribution >= 0.6 is 12.6 Å². The summed E-state index contributed by atoms with van der Waals surface area (Å²) in [7, 11) is 0. The molecule has 26 N–H and O–H groups in total. The highest BCUT2D eigenvalue weighted by Crippen LogP contribution is 2.19. The van der Waals surface area contributed by atoms with Crippen molar-refractivity contribution in [1.29, 1.82) is 0 Å². The van der Waals surface area contributed by atoms with Crippen LogP contribution in [-0.4, -0.2) is 284 Å². The van der Waals surface area contributed by atoms with Crippen molar-refractivity contribution in [2.75, 3.05) is 18.8 Å². The topological polar surface area (TPSA) is 726 Å². The number of nitrogens with one attached hydrogen (secondary N) is 15. The van der Waals surface area contributed by atoms with E-state index in [4.69, 9.17) is 22.3 Å². The third kappa shape index (κ3) is 38.4. The highest BCUT2D eigenvalue weighted by atomic mass is 32.1. The molecule has 0 fully saturated rings. The van der Waals surface area contributed by atoms with Gasteiger partial charge in [0.05, 0.1) is 31.1 Å². The second-order valence-electron chi connectivity index (χ2n) is 30.8. The lowest BCUT2D eigenvalue weighted by molar-refractivity contribution is -0.144. The number of aliphatic hydroxyl groups is 2. The Morgan fingerprint density at radius 1 is 0.383 bits per heavy atom. The Hall–Kier alpha value is -11.0. The summed E-state index contributed by atoms with van der Waals surface area (Å²) in [5.41, 5.74) is 16.5. The van der Waals surface area contributed by atoms with Crippen LogP contribution in [0.2, 0.25) is 0 Å². The number of hydrogen-bond acceptors (Lipinski definition) is 26. The molecule has 0 aromatic heterocycles. The number of rotatable bonds is 56. The van der Waals surface area contributed by atoms with Gasteiger partial charge in [0.15, 0.2) is 0 Å². The van der Waals surface area contributed by atoms with Crippen LogP contribution in [0.3, 0.4) is 0 Å². The Kier molecular flexibility index (Phi) is 46.2. The zero-order valence-corrected chi connectivity index (χ0v) is 70.2. The van der Waals surface area contributed by atoms with E-state index in [1.807, 2.05) is 19.2 Å². The molecule has 0 unspecified atom stereocenters. The second kappa shape index (κ2) is 52.8. The van der Waals surface area contributed by atoms with Crippen molar-refractivity contribution in [1.82, 2.24) is 79.8 Å². The van der Waals surface area contributed by atoms with Crippen LogP contribution in [0.5, 0.6) is 0 Å². The molecule has 45 nitrogen and oxygen atoms in total. The van der Waals surface area contributed by atoms with Crippen molar-refractivity contribution >= 4 is 143 Å². The number of aliphatic hydroxyl groups excluding tert-OH is 2. The van der Waals surface area contributed by atoms with Crippen molar-refractivity contribution in [3.8, 4) is 0 Å². The summed E-state index contributed by atoms with van der Waals surface area (Å²) in [6.45, 7) is 16.5. The molecular weight excluding hydrogens is 1600 g/mol. The number of nitrogens with two attached hydrogens (primary N) is 3. The van der Waals surface area contributed by atoms with Crippen LogP contribution < -0.4 is 97.0 Å². The first-order valence-corrected chi connectivity index (χ1v) is 40.2. The molecule has 0 radical (unpaired) electrons. The number of hydrogen-bond donors (Lipinski definition) is 24. The van der Waals surface area contributed by atoms with E-state index in [0.717, 1.165) is 13.8 Å². The molecule has 674 valence electrons. The predicted octanol–water partition coefficient (Wildman–Crippen LogP) is -7.44. The summed E-state index contributed by atoms with van der Waals surface area (Å²) in [4.78, 5) is 275. The normalized spacial score (nSPS) is 18.7. The van der Waals surface area contributed by atoms with E-state index >= 15 is 0 Å². The van der Waals surface area contributed by atoms with Crippen molar-refractivity contribution in [3.05, 3.63) is 0 Å². The van der Waals surface area contributed by atoms with Gasteiger partial charge in [0, 0.05) is 44.1 Å². The summed E-state index contributed by atoms with van der Waals surface area (Å²) >= 11 is 4.19. The molecule has 0 aromatic rings. The Morgan fingerprint density at radius 2 is 0.683 bits per heavy atom.